The van der Waals surface area contributed by atoms with Gasteiger partial charge in [-0.1, -0.05) is 103 Å². The van der Waals surface area contributed by atoms with Crippen molar-refractivity contribution in [1.82, 2.24) is 9.97 Å². The Hall–Kier alpha value is -2.95. The van der Waals surface area contributed by atoms with Gasteiger partial charge in [0.2, 0.25) is 0 Å². The second kappa shape index (κ2) is 19.2. The topological polar surface area (TPSA) is 44.2 Å². The minimum Gasteiger partial charge on any atom is -0.494 e. The van der Waals surface area contributed by atoms with Crippen molar-refractivity contribution in [3.8, 4) is 34.0 Å². The maximum Gasteiger partial charge on any atom is 0.159 e. The number of alkyl halides is 1. The van der Waals surface area contributed by atoms with Crippen LogP contribution in [-0.2, 0) is 0 Å². The molecule has 1 atom stereocenters. The van der Waals surface area contributed by atoms with E-state index in [1.165, 1.54) is 64.2 Å². The highest BCUT2D eigenvalue weighted by molar-refractivity contribution is 5.64. The molecule has 0 saturated heterocycles. The van der Waals surface area contributed by atoms with Crippen molar-refractivity contribution < 1.29 is 13.9 Å². The van der Waals surface area contributed by atoms with E-state index in [0.29, 0.717) is 18.0 Å². The van der Waals surface area contributed by atoms with E-state index in [1.807, 2.05) is 60.9 Å². The van der Waals surface area contributed by atoms with Gasteiger partial charge in [-0.2, -0.15) is 0 Å². The van der Waals surface area contributed by atoms with E-state index >= 15 is 0 Å². The Bertz CT molecular complexity index is 1040. The van der Waals surface area contributed by atoms with Crippen LogP contribution in [0.15, 0.2) is 60.9 Å². The van der Waals surface area contributed by atoms with Gasteiger partial charge in [-0.15, -0.1) is 0 Å². The molecule has 0 N–H and O–H groups in total. The molecule has 1 heterocycles. The predicted octanol–water partition coefficient (Wildman–Crippen LogP) is 10.4. The molecule has 0 amide bonds. The van der Waals surface area contributed by atoms with Crippen LogP contribution in [0.2, 0.25) is 0 Å². The molecule has 4 nitrogen and oxygen atoms in total. The molecule has 1 aromatic heterocycles. The lowest BCUT2D eigenvalue weighted by molar-refractivity contribution is 0.184. The van der Waals surface area contributed by atoms with Gasteiger partial charge in [0.05, 0.1) is 6.61 Å². The highest BCUT2D eigenvalue weighted by atomic mass is 19.1. The van der Waals surface area contributed by atoms with Crippen molar-refractivity contribution in [3.05, 3.63) is 60.9 Å². The standard InChI is InChI=1S/C35H49FN2O2/c1-3-5-7-9-10-11-12-14-16-32(36)28-40-34-23-19-30(20-24-34)35-37-26-31(27-38-35)29-17-21-33(22-18-29)39-25-15-13-8-6-4-2/h17-24,26-27,32H,3-16,25,28H2,1-2H3. The van der Waals surface area contributed by atoms with Crippen LogP contribution < -0.4 is 9.47 Å². The molecule has 2 aromatic carbocycles. The third kappa shape index (κ3) is 12.1. The molecule has 0 aliphatic carbocycles. The largest absolute Gasteiger partial charge is 0.494 e. The molecule has 218 valence electrons. The lowest BCUT2D eigenvalue weighted by Crippen LogP contribution is -2.12. The van der Waals surface area contributed by atoms with Gasteiger partial charge in [-0.05, 0) is 54.8 Å². The fourth-order valence-electron chi connectivity index (χ4n) is 4.74. The summed E-state index contributed by atoms with van der Waals surface area (Å²) in [5.41, 5.74) is 2.91. The lowest BCUT2D eigenvalue weighted by Gasteiger charge is -2.11. The monoisotopic (exact) mass is 548 g/mol. The third-order valence-electron chi connectivity index (χ3n) is 7.27. The molecular formula is C35H49FN2O2. The Morgan fingerprint density at radius 2 is 1.07 bits per heavy atom. The third-order valence-corrected chi connectivity index (χ3v) is 7.27. The predicted molar refractivity (Wildman–Crippen MR) is 165 cm³/mol. The van der Waals surface area contributed by atoms with Crippen molar-refractivity contribution in [1.29, 1.82) is 0 Å². The number of halogens is 1. The molecule has 0 radical (unpaired) electrons. The summed E-state index contributed by atoms with van der Waals surface area (Å²) in [6.07, 6.45) is 19.3. The Morgan fingerprint density at radius 3 is 1.68 bits per heavy atom. The zero-order valence-corrected chi connectivity index (χ0v) is 24.8. The molecule has 5 heteroatoms. The minimum absolute atomic E-state index is 0.101. The number of ether oxygens (including phenoxy) is 2. The number of hydrogen-bond acceptors (Lipinski definition) is 4. The van der Waals surface area contributed by atoms with Crippen molar-refractivity contribution in [2.75, 3.05) is 13.2 Å². The van der Waals surface area contributed by atoms with E-state index in [0.717, 1.165) is 48.3 Å². The SMILES string of the molecule is CCCCCCCCCCC(F)COc1ccc(-c2ncc(-c3ccc(OCCCCCCC)cc3)cn2)cc1. The van der Waals surface area contributed by atoms with Gasteiger partial charge in [0.25, 0.3) is 0 Å². The number of hydrogen-bond donors (Lipinski definition) is 0. The summed E-state index contributed by atoms with van der Waals surface area (Å²) in [5, 5.41) is 0. The number of benzene rings is 2. The average Bonchev–Trinajstić information content (AvgIpc) is 3.00. The highest BCUT2D eigenvalue weighted by Crippen LogP contribution is 2.24. The van der Waals surface area contributed by atoms with Gasteiger partial charge in [0.15, 0.2) is 5.82 Å². The average molecular weight is 549 g/mol. The number of aromatic nitrogens is 2. The molecule has 0 saturated carbocycles. The van der Waals surface area contributed by atoms with Crippen LogP contribution in [0.4, 0.5) is 4.39 Å². The molecule has 0 fully saturated rings. The van der Waals surface area contributed by atoms with Crippen LogP contribution in [0.5, 0.6) is 11.5 Å². The smallest absolute Gasteiger partial charge is 0.159 e. The Labute approximate surface area is 241 Å². The van der Waals surface area contributed by atoms with Crippen LogP contribution in [-0.4, -0.2) is 29.4 Å². The second-order valence-electron chi connectivity index (χ2n) is 10.8. The molecule has 1 unspecified atom stereocenters. The van der Waals surface area contributed by atoms with Crippen LogP contribution in [0.25, 0.3) is 22.5 Å². The summed E-state index contributed by atoms with van der Waals surface area (Å²) in [5.74, 6) is 2.21. The Kier molecular flexibility index (Phi) is 15.1. The Morgan fingerprint density at radius 1 is 0.575 bits per heavy atom. The van der Waals surface area contributed by atoms with E-state index in [4.69, 9.17) is 9.47 Å². The van der Waals surface area contributed by atoms with Crippen molar-refractivity contribution >= 4 is 0 Å². The maximum atomic E-state index is 14.3. The van der Waals surface area contributed by atoms with Crippen molar-refractivity contribution in [2.45, 2.75) is 110 Å². The van der Waals surface area contributed by atoms with E-state index in [1.54, 1.807) is 0 Å². The molecule has 3 rings (SSSR count). The summed E-state index contributed by atoms with van der Waals surface area (Å²) < 4.78 is 25.8. The first-order valence-electron chi connectivity index (χ1n) is 15.6. The summed E-state index contributed by atoms with van der Waals surface area (Å²) in [7, 11) is 0. The van der Waals surface area contributed by atoms with Gasteiger partial charge in [0, 0.05) is 23.5 Å². The van der Waals surface area contributed by atoms with Gasteiger partial charge in [0.1, 0.15) is 24.3 Å². The fourth-order valence-corrected chi connectivity index (χ4v) is 4.74. The van der Waals surface area contributed by atoms with Gasteiger partial charge in [-0.25, -0.2) is 14.4 Å². The number of unbranched alkanes of at least 4 members (excludes halogenated alkanes) is 11. The van der Waals surface area contributed by atoms with Gasteiger partial charge < -0.3 is 9.47 Å². The van der Waals surface area contributed by atoms with Gasteiger partial charge >= 0.3 is 0 Å². The second-order valence-corrected chi connectivity index (χ2v) is 10.8. The number of rotatable bonds is 21. The molecular weight excluding hydrogens is 499 g/mol. The zero-order chi connectivity index (χ0) is 28.3. The normalized spacial score (nSPS) is 11.9. The minimum atomic E-state index is -0.924. The summed E-state index contributed by atoms with van der Waals surface area (Å²) in [4.78, 5) is 9.13. The Balaban J connectivity index is 1.37. The molecule has 0 aliphatic rings. The first kappa shape index (κ1) is 31.6. The van der Waals surface area contributed by atoms with Crippen LogP contribution in [0.3, 0.4) is 0 Å². The quantitative estimate of drug-likeness (QED) is 0.124. The fraction of sp³-hybridized carbons (Fsp3) is 0.543. The first-order chi connectivity index (χ1) is 19.7. The lowest BCUT2D eigenvalue weighted by atomic mass is 10.1. The molecule has 0 aliphatic heterocycles. The van der Waals surface area contributed by atoms with E-state index in [9.17, 15) is 4.39 Å². The summed E-state index contributed by atoms with van der Waals surface area (Å²) in [6.45, 7) is 5.33. The van der Waals surface area contributed by atoms with Crippen molar-refractivity contribution in [3.63, 3.8) is 0 Å². The maximum absolute atomic E-state index is 14.3. The molecule has 40 heavy (non-hydrogen) atoms. The van der Waals surface area contributed by atoms with Crippen LogP contribution in [0.1, 0.15) is 104 Å². The number of nitrogens with zero attached hydrogens (tertiary/aromatic N) is 2. The van der Waals surface area contributed by atoms with E-state index in [-0.39, 0.29) is 6.61 Å². The highest BCUT2D eigenvalue weighted by Gasteiger charge is 2.09. The van der Waals surface area contributed by atoms with Gasteiger partial charge in [-0.3, -0.25) is 0 Å². The van der Waals surface area contributed by atoms with Crippen LogP contribution in [0, 0.1) is 0 Å². The molecule has 0 bridgehead atoms. The van der Waals surface area contributed by atoms with Crippen LogP contribution >= 0.6 is 0 Å². The van der Waals surface area contributed by atoms with Crippen molar-refractivity contribution in [2.24, 2.45) is 0 Å². The van der Waals surface area contributed by atoms with E-state index < -0.39 is 6.17 Å². The summed E-state index contributed by atoms with van der Waals surface area (Å²) >= 11 is 0. The first-order valence-corrected chi connectivity index (χ1v) is 15.6. The van der Waals surface area contributed by atoms with E-state index in [2.05, 4.69) is 23.8 Å². The molecule has 0 spiro atoms. The summed E-state index contributed by atoms with van der Waals surface area (Å²) in [6, 6.07) is 15.7. The molecule has 3 aromatic rings. The zero-order valence-electron chi connectivity index (χ0n) is 24.8.